The first-order chi connectivity index (χ1) is 11.7. The van der Waals surface area contributed by atoms with Gasteiger partial charge in [0.1, 0.15) is 0 Å². The van der Waals surface area contributed by atoms with Gasteiger partial charge >= 0.3 is 0 Å². The Morgan fingerprint density at radius 2 is 2.17 bits per heavy atom. The summed E-state index contributed by atoms with van der Waals surface area (Å²) in [5, 5.41) is 14.9. The number of benzene rings is 1. The number of hydrogen-bond acceptors (Lipinski definition) is 4. The molecule has 0 radical (unpaired) electrons. The van der Waals surface area contributed by atoms with Crippen LogP contribution >= 0.6 is 23.6 Å². The van der Waals surface area contributed by atoms with Gasteiger partial charge in [-0.1, -0.05) is 24.3 Å². The Bertz CT molecular complexity index is 1070. The van der Waals surface area contributed by atoms with Gasteiger partial charge in [0, 0.05) is 33.5 Å². The number of thiophene rings is 1. The smallest absolute Gasteiger partial charge is 0.216 e. The molecule has 4 rings (SSSR count). The molecule has 3 heterocycles. The van der Waals surface area contributed by atoms with Crippen LogP contribution in [-0.4, -0.2) is 26.1 Å². The number of hydrogen-bond donors (Lipinski definition) is 2. The first-order valence-electron chi connectivity index (χ1n) is 7.53. The average molecular weight is 353 g/mol. The SMILES string of the molecule is Cc1[nH]c2ccccc2c1/C=N\n1c(Cc2cccs2)n[nH]c1=S. The molecule has 3 aromatic heterocycles. The van der Waals surface area contributed by atoms with Crippen LogP contribution in [0.15, 0.2) is 46.9 Å². The Morgan fingerprint density at radius 3 is 3.00 bits per heavy atom. The van der Waals surface area contributed by atoms with Crippen LogP contribution in [0.1, 0.15) is 22.0 Å². The van der Waals surface area contributed by atoms with Crippen LogP contribution in [0.5, 0.6) is 0 Å². The van der Waals surface area contributed by atoms with Crippen LogP contribution in [0, 0.1) is 11.7 Å². The first kappa shape index (κ1) is 15.0. The molecule has 1 aromatic carbocycles. The normalized spacial score (nSPS) is 11.7. The highest BCUT2D eigenvalue weighted by Crippen LogP contribution is 2.20. The Balaban J connectivity index is 1.72. The van der Waals surface area contributed by atoms with E-state index in [2.05, 4.69) is 43.9 Å². The largest absolute Gasteiger partial charge is 0.358 e. The monoisotopic (exact) mass is 353 g/mol. The molecule has 0 fully saturated rings. The lowest BCUT2D eigenvalue weighted by molar-refractivity contribution is 0.795. The quantitative estimate of drug-likeness (QED) is 0.425. The standard InChI is InChI=1S/C17H15N5S2/c1-11-14(13-6-2-3-7-15(13)19-11)10-18-22-16(20-21-17(22)23)9-12-5-4-8-24-12/h2-8,10,19H,9H2,1H3,(H,21,23)/b18-10-. The molecule has 7 heteroatoms. The molecule has 0 atom stereocenters. The summed E-state index contributed by atoms with van der Waals surface area (Å²) < 4.78 is 2.19. The Kier molecular flexibility index (Phi) is 3.87. The van der Waals surface area contributed by atoms with E-state index in [1.54, 1.807) is 16.0 Å². The minimum atomic E-state index is 0.496. The van der Waals surface area contributed by atoms with Crippen LogP contribution < -0.4 is 0 Å². The number of aryl methyl sites for hydroxylation is 1. The van der Waals surface area contributed by atoms with Crippen molar-refractivity contribution in [3.05, 3.63) is 68.5 Å². The number of para-hydroxylation sites is 1. The van der Waals surface area contributed by atoms with Gasteiger partial charge in [0.25, 0.3) is 0 Å². The number of rotatable bonds is 4. The van der Waals surface area contributed by atoms with Gasteiger partial charge in [-0.3, -0.25) is 5.10 Å². The lowest BCUT2D eigenvalue weighted by Gasteiger charge is -1.99. The van der Waals surface area contributed by atoms with Crippen LogP contribution in [0.25, 0.3) is 10.9 Å². The van der Waals surface area contributed by atoms with E-state index in [-0.39, 0.29) is 0 Å². The molecule has 120 valence electrons. The van der Waals surface area contributed by atoms with E-state index in [1.807, 2.05) is 31.3 Å². The molecular formula is C17H15N5S2. The van der Waals surface area contributed by atoms with Crippen LogP contribution in [0.2, 0.25) is 0 Å². The minimum absolute atomic E-state index is 0.496. The molecule has 0 unspecified atom stereocenters. The van der Waals surface area contributed by atoms with Crippen molar-refractivity contribution in [2.45, 2.75) is 13.3 Å². The van der Waals surface area contributed by atoms with Crippen molar-refractivity contribution in [1.29, 1.82) is 0 Å². The van der Waals surface area contributed by atoms with Gasteiger partial charge in [0.2, 0.25) is 4.77 Å². The van der Waals surface area contributed by atoms with Crippen LogP contribution in [-0.2, 0) is 6.42 Å². The minimum Gasteiger partial charge on any atom is -0.358 e. The summed E-state index contributed by atoms with van der Waals surface area (Å²) in [4.78, 5) is 4.60. The number of aromatic amines is 2. The number of nitrogens with one attached hydrogen (secondary N) is 2. The summed E-state index contributed by atoms with van der Waals surface area (Å²) in [6.45, 7) is 2.04. The zero-order chi connectivity index (χ0) is 16.5. The maximum atomic E-state index is 5.32. The lowest BCUT2D eigenvalue weighted by atomic mass is 10.1. The fourth-order valence-corrected chi connectivity index (χ4v) is 3.61. The summed E-state index contributed by atoms with van der Waals surface area (Å²) in [5.74, 6) is 0.802. The van der Waals surface area contributed by atoms with Crippen molar-refractivity contribution in [2.24, 2.45) is 5.10 Å². The second-order valence-electron chi connectivity index (χ2n) is 5.47. The van der Waals surface area contributed by atoms with Gasteiger partial charge in [0.05, 0.1) is 6.21 Å². The van der Waals surface area contributed by atoms with Crippen molar-refractivity contribution >= 4 is 40.7 Å². The predicted octanol–water partition coefficient (Wildman–Crippen LogP) is 4.26. The molecule has 5 nitrogen and oxygen atoms in total. The van der Waals surface area contributed by atoms with E-state index in [0.29, 0.717) is 11.2 Å². The maximum Gasteiger partial charge on any atom is 0.216 e. The molecule has 0 spiro atoms. The maximum absolute atomic E-state index is 5.32. The molecule has 0 amide bonds. The average Bonchev–Trinajstić information content (AvgIpc) is 3.27. The summed E-state index contributed by atoms with van der Waals surface area (Å²) >= 11 is 7.02. The van der Waals surface area contributed by atoms with E-state index in [4.69, 9.17) is 12.2 Å². The Labute approximate surface area is 147 Å². The highest BCUT2D eigenvalue weighted by Gasteiger charge is 2.09. The van der Waals surface area contributed by atoms with Gasteiger partial charge in [-0.05, 0) is 36.7 Å². The summed E-state index contributed by atoms with van der Waals surface area (Å²) in [6.07, 6.45) is 2.55. The number of fused-ring (bicyclic) bond motifs is 1. The van der Waals surface area contributed by atoms with E-state index in [9.17, 15) is 0 Å². The Hall–Kier alpha value is -2.51. The van der Waals surface area contributed by atoms with Crippen LogP contribution in [0.4, 0.5) is 0 Å². The second-order valence-corrected chi connectivity index (χ2v) is 6.89. The molecule has 24 heavy (non-hydrogen) atoms. The molecular weight excluding hydrogens is 338 g/mol. The van der Waals surface area contributed by atoms with Gasteiger partial charge < -0.3 is 4.98 Å². The molecule has 0 saturated carbocycles. The highest BCUT2D eigenvalue weighted by molar-refractivity contribution is 7.71. The topological polar surface area (TPSA) is 61.8 Å². The molecule has 4 aromatic rings. The molecule has 2 N–H and O–H groups in total. The Morgan fingerprint density at radius 1 is 1.29 bits per heavy atom. The zero-order valence-electron chi connectivity index (χ0n) is 13.0. The third kappa shape index (κ3) is 2.72. The zero-order valence-corrected chi connectivity index (χ0v) is 14.6. The lowest BCUT2D eigenvalue weighted by Crippen LogP contribution is -1.99. The molecule has 0 bridgehead atoms. The van der Waals surface area contributed by atoms with Crippen molar-refractivity contribution in [3.63, 3.8) is 0 Å². The van der Waals surface area contributed by atoms with Gasteiger partial charge in [0.15, 0.2) is 5.82 Å². The molecule has 0 saturated heterocycles. The summed E-state index contributed by atoms with van der Waals surface area (Å²) in [7, 11) is 0. The van der Waals surface area contributed by atoms with E-state index >= 15 is 0 Å². The van der Waals surface area contributed by atoms with Crippen LogP contribution in [0.3, 0.4) is 0 Å². The van der Waals surface area contributed by atoms with Crippen molar-refractivity contribution in [1.82, 2.24) is 19.9 Å². The number of aromatic nitrogens is 4. The van der Waals surface area contributed by atoms with Crippen molar-refractivity contribution in [2.75, 3.05) is 0 Å². The van der Waals surface area contributed by atoms with Gasteiger partial charge in [-0.25, -0.2) is 0 Å². The third-order valence-corrected chi connectivity index (χ3v) is 5.02. The number of H-pyrrole nitrogens is 2. The third-order valence-electron chi connectivity index (χ3n) is 3.88. The fourth-order valence-electron chi connectivity index (χ4n) is 2.71. The van der Waals surface area contributed by atoms with E-state index in [0.717, 1.165) is 28.0 Å². The summed E-state index contributed by atoms with van der Waals surface area (Å²) in [6, 6.07) is 12.3. The molecule has 0 aliphatic rings. The first-order valence-corrected chi connectivity index (χ1v) is 8.81. The molecule has 0 aliphatic carbocycles. The number of nitrogens with zero attached hydrogens (tertiary/aromatic N) is 3. The van der Waals surface area contributed by atoms with Gasteiger partial charge in [-0.15, -0.1) is 11.3 Å². The van der Waals surface area contributed by atoms with Crippen molar-refractivity contribution in [3.8, 4) is 0 Å². The second kappa shape index (κ2) is 6.18. The fraction of sp³-hybridized carbons (Fsp3) is 0.118. The van der Waals surface area contributed by atoms with Crippen molar-refractivity contribution < 1.29 is 0 Å². The summed E-state index contributed by atoms with van der Waals surface area (Å²) in [5.41, 5.74) is 3.25. The van der Waals surface area contributed by atoms with E-state index < -0.39 is 0 Å². The predicted molar refractivity (Wildman–Crippen MR) is 101 cm³/mol. The molecule has 0 aliphatic heterocycles. The van der Waals surface area contributed by atoms with E-state index in [1.165, 1.54) is 4.88 Å². The van der Waals surface area contributed by atoms with Gasteiger partial charge in [-0.2, -0.15) is 14.9 Å². The highest BCUT2D eigenvalue weighted by atomic mass is 32.1.